The quantitative estimate of drug-likeness (QED) is 0.611. The van der Waals surface area contributed by atoms with Crippen molar-refractivity contribution in [2.24, 2.45) is 0 Å². The Kier molecular flexibility index (Phi) is 2.56. The zero-order valence-corrected chi connectivity index (χ0v) is 6.45. The fourth-order valence-corrected chi connectivity index (χ4v) is 0.935. The molecule has 1 radical (unpaired) electrons. The molecule has 0 bridgehead atoms. The monoisotopic (exact) mass is 192 g/mol. The fourth-order valence-electron chi connectivity index (χ4n) is 0.935. The molecule has 0 atom stereocenters. The Morgan fingerprint density at radius 3 is 2.31 bits per heavy atom. The lowest BCUT2D eigenvalue weighted by Crippen LogP contribution is -2.09. The van der Waals surface area contributed by atoms with E-state index < -0.39 is 24.1 Å². The summed E-state index contributed by atoms with van der Waals surface area (Å²) in [4.78, 5) is 0. The molecule has 1 aromatic carbocycles. The SMILES string of the molecule is [NH]Cc1cccc(C(F)(F)F)c1F. The van der Waals surface area contributed by atoms with Crippen LogP contribution in [-0.4, -0.2) is 0 Å². The molecule has 0 aliphatic carbocycles. The lowest BCUT2D eigenvalue weighted by molar-refractivity contribution is -0.140. The van der Waals surface area contributed by atoms with Crippen LogP contribution in [-0.2, 0) is 12.7 Å². The summed E-state index contributed by atoms with van der Waals surface area (Å²) in [5.41, 5.74) is 5.23. The third-order valence-corrected chi connectivity index (χ3v) is 1.57. The molecule has 0 spiro atoms. The Morgan fingerprint density at radius 2 is 1.85 bits per heavy atom. The van der Waals surface area contributed by atoms with Crippen LogP contribution in [0.15, 0.2) is 18.2 Å². The molecule has 0 unspecified atom stereocenters. The first kappa shape index (κ1) is 9.98. The van der Waals surface area contributed by atoms with E-state index in [0.717, 1.165) is 12.1 Å². The molecule has 71 valence electrons. The van der Waals surface area contributed by atoms with Gasteiger partial charge >= 0.3 is 6.18 Å². The molecule has 0 fully saturated rings. The molecule has 0 aliphatic rings. The van der Waals surface area contributed by atoms with Crippen molar-refractivity contribution in [3.8, 4) is 0 Å². The van der Waals surface area contributed by atoms with E-state index in [1.807, 2.05) is 0 Å². The predicted octanol–water partition coefficient (Wildman–Crippen LogP) is 2.63. The van der Waals surface area contributed by atoms with Gasteiger partial charge in [0.25, 0.3) is 0 Å². The summed E-state index contributed by atoms with van der Waals surface area (Å²) in [6.45, 7) is -0.490. The Morgan fingerprint density at radius 1 is 1.23 bits per heavy atom. The minimum absolute atomic E-state index is 0.241. The number of benzene rings is 1. The third kappa shape index (κ3) is 1.98. The highest BCUT2D eigenvalue weighted by Gasteiger charge is 2.34. The van der Waals surface area contributed by atoms with E-state index in [0.29, 0.717) is 6.07 Å². The largest absolute Gasteiger partial charge is 0.419 e. The van der Waals surface area contributed by atoms with Gasteiger partial charge in [0.15, 0.2) is 0 Å². The van der Waals surface area contributed by atoms with Gasteiger partial charge in [-0.15, -0.1) is 0 Å². The van der Waals surface area contributed by atoms with Crippen molar-refractivity contribution in [3.05, 3.63) is 35.1 Å². The normalized spacial score (nSPS) is 11.8. The summed E-state index contributed by atoms with van der Waals surface area (Å²) in [5, 5.41) is 0. The lowest BCUT2D eigenvalue weighted by atomic mass is 10.1. The van der Waals surface area contributed by atoms with E-state index in [-0.39, 0.29) is 5.56 Å². The number of rotatable bonds is 1. The molecule has 13 heavy (non-hydrogen) atoms. The van der Waals surface area contributed by atoms with Gasteiger partial charge in [0.2, 0.25) is 0 Å². The van der Waals surface area contributed by atoms with Crippen molar-refractivity contribution in [3.63, 3.8) is 0 Å². The van der Waals surface area contributed by atoms with E-state index in [9.17, 15) is 17.6 Å². The van der Waals surface area contributed by atoms with E-state index in [4.69, 9.17) is 5.73 Å². The Hall–Kier alpha value is -1.10. The van der Waals surface area contributed by atoms with Gasteiger partial charge < -0.3 is 0 Å². The maximum Gasteiger partial charge on any atom is 0.419 e. The standard InChI is InChI=1S/C8H6F4N/c9-7-5(4-13)2-1-3-6(7)8(10,11)12/h1-3,13H,4H2. The second-order valence-corrected chi connectivity index (χ2v) is 2.45. The van der Waals surface area contributed by atoms with Crippen LogP contribution in [0.1, 0.15) is 11.1 Å². The summed E-state index contributed by atoms with van der Waals surface area (Å²) in [6, 6.07) is 2.92. The van der Waals surface area contributed by atoms with Gasteiger partial charge in [-0.05, 0) is 6.07 Å². The first-order chi connectivity index (χ1) is 5.96. The van der Waals surface area contributed by atoms with Crippen molar-refractivity contribution >= 4 is 0 Å². The molecular weight excluding hydrogens is 186 g/mol. The zero-order chi connectivity index (χ0) is 10.1. The maximum absolute atomic E-state index is 12.9. The molecule has 1 rings (SSSR count). The lowest BCUT2D eigenvalue weighted by Gasteiger charge is -2.09. The summed E-state index contributed by atoms with van der Waals surface area (Å²) in [7, 11) is 0. The number of hydrogen-bond donors (Lipinski definition) is 0. The fraction of sp³-hybridized carbons (Fsp3) is 0.250. The topological polar surface area (TPSA) is 23.8 Å². The smallest absolute Gasteiger partial charge is 0.253 e. The van der Waals surface area contributed by atoms with Crippen LogP contribution in [0.5, 0.6) is 0 Å². The van der Waals surface area contributed by atoms with Crippen LogP contribution < -0.4 is 5.73 Å². The van der Waals surface area contributed by atoms with Crippen LogP contribution in [0, 0.1) is 5.82 Å². The highest BCUT2D eigenvalue weighted by molar-refractivity contribution is 5.27. The van der Waals surface area contributed by atoms with Crippen LogP contribution >= 0.6 is 0 Å². The van der Waals surface area contributed by atoms with Crippen LogP contribution in [0.2, 0.25) is 0 Å². The number of hydrogen-bond acceptors (Lipinski definition) is 0. The van der Waals surface area contributed by atoms with E-state index in [1.165, 1.54) is 0 Å². The van der Waals surface area contributed by atoms with Crippen LogP contribution in [0.4, 0.5) is 17.6 Å². The molecule has 5 heteroatoms. The molecule has 0 saturated heterocycles. The van der Waals surface area contributed by atoms with Gasteiger partial charge in [-0.3, -0.25) is 5.73 Å². The van der Waals surface area contributed by atoms with Gasteiger partial charge in [0, 0.05) is 12.1 Å². The molecule has 0 aliphatic heterocycles. The molecule has 1 N–H and O–H groups in total. The average molecular weight is 192 g/mol. The van der Waals surface area contributed by atoms with E-state index >= 15 is 0 Å². The predicted molar refractivity (Wildman–Crippen MR) is 38.2 cm³/mol. The van der Waals surface area contributed by atoms with Crippen molar-refractivity contribution in [2.45, 2.75) is 12.7 Å². The number of nitrogens with one attached hydrogen (secondary N) is 1. The van der Waals surface area contributed by atoms with Gasteiger partial charge in [-0.25, -0.2) is 4.39 Å². The molecule has 0 amide bonds. The van der Waals surface area contributed by atoms with Gasteiger partial charge in [-0.2, -0.15) is 13.2 Å². The molecule has 1 nitrogen and oxygen atoms in total. The maximum atomic E-state index is 12.9. The molecule has 1 aromatic rings. The number of halogens is 4. The second kappa shape index (κ2) is 3.33. The second-order valence-electron chi connectivity index (χ2n) is 2.45. The zero-order valence-electron chi connectivity index (χ0n) is 6.45. The summed E-state index contributed by atoms with van der Waals surface area (Å²) in [6.07, 6.45) is -4.69. The average Bonchev–Trinajstić information content (AvgIpc) is 2.02. The Bertz CT molecular complexity index is 306. The Balaban J connectivity index is 3.24. The minimum Gasteiger partial charge on any atom is -0.253 e. The van der Waals surface area contributed by atoms with Gasteiger partial charge in [-0.1, -0.05) is 12.1 Å². The summed E-state index contributed by atoms with van der Waals surface area (Å²) in [5.74, 6) is -1.34. The molecule has 0 aromatic heterocycles. The summed E-state index contributed by atoms with van der Waals surface area (Å²) >= 11 is 0. The van der Waals surface area contributed by atoms with Crippen molar-refractivity contribution in [2.75, 3.05) is 0 Å². The highest BCUT2D eigenvalue weighted by Crippen LogP contribution is 2.32. The molecular formula is C8H6F4N. The van der Waals surface area contributed by atoms with Crippen LogP contribution in [0.3, 0.4) is 0 Å². The van der Waals surface area contributed by atoms with Crippen molar-refractivity contribution in [1.82, 2.24) is 5.73 Å². The summed E-state index contributed by atoms with van der Waals surface area (Å²) < 4.78 is 49.1. The first-order valence-corrected chi connectivity index (χ1v) is 3.46. The minimum atomic E-state index is -4.69. The van der Waals surface area contributed by atoms with Gasteiger partial charge in [0.05, 0.1) is 5.56 Å². The van der Waals surface area contributed by atoms with Crippen molar-refractivity contribution in [1.29, 1.82) is 0 Å². The molecule has 0 heterocycles. The first-order valence-electron chi connectivity index (χ1n) is 3.46. The number of alkyl halides is 3. The van der Waals surface area contributed by atoms with E-state index in [2.05, 4.69) is 0 Å². The molecule has 0 saturated carbocycles. The Labute approximate surface area is 72.2 Å². The van der Waals surface area contributed by atoms with Crippen molar-refractivity contribution < 1.29 is 17.6 Å². The highest BCUT2D eigenvalue weighted by atomic mass is 19.4. The third-order valence-electron chi connectivity index (χ3n) is 1.57. The van der Waals surface area contributed by atoms with E-state index in [1.54, 1.807) is 0 Å². The van der Waals surface area contributed by atoms with Gasteiger partial charge in [0.1, 0.15) is 5.82 Å². The van der Waals surface area contributed by atoms with Crippen LogP contribution in [0.25, 0.3) is 0 Å².